The monoisotopic (exact) mass is 265 g/mol. The van der Waals surface area contributed by atoms with Crippen LogP contribution in [0.15, 0.2) is 30.3 Å². The van der Waals surface area contributed by atoms with E-state index in [9.17, 15) is 4.79 Å². The highest BCUT2D eigenvalue weighted by Crippen LogP contribution is 2.06. The molecule has 4 nitrogen and oxygen atoms in total. The first-order valence-electron chi connectivity index (χ1n) is 6.48. The molecule has 0 amide bonds. The second-order valence-electron chi connectivity index (χ2n) is 5.42. The van der Waals surface area contributed by atoms with Crippen LogP contribution >= 0.6 is 0 Å². The molecular weight excluding hydrogens is 242 g/mol. The van der Waals surface area contributed by atoms with Crippen molar-refractivity contribution >= 4 is 5.97 Å². The molecule has 0 saturated heterocycles. The molecule has 4 heteroatoms. The Labute approximate surface area is 114 Å². The molecule has 0 aromatic heterocycles. The van der Waals surface area contributed by atoms with Crippen LogP contribution in [0.3, 0.4) is 0 Å². The zero-order chi connectivity index (χ0) is 14.3. The number of benzene rings is 1. The van der Waals surface area contributed by atoms with E-state index in [2.05, 4.69) is 0 Å². The predicted octanol–water partition coefficient (Wildman–Crippen LogP) is 1.91. The normalized spacial score (nSPS) is 13.1. The molecule has 0 saturated carbocycles. The van der Waals surface area contributed by atoms with Gasteiger partial charge in [-0.2, -0.15) is 0 Å². The molecule has 0 aliphatic heterocycles. The van der Waals surface area contributed by atoms with Crippen LogP contribution in [0.25, 0.3) is 0 Å². The topological polar surface area (TPSA) is 61.5 Å². The minimum Gasteiger partial charge on any atom is -0.462 e. The zero-order valence-electron chi connectivity index (χ0n) is 11.9. The third-order valence-corrected chi connectivity index (χ3v) is 2.46. The van der Waals surface area contributed by atoms with Gasteiger partial charge in [0.2, 0.25) is 0 Å². The molecule has 1 unspecified atom stereocenters. The van der Waals surface area contributed by atoms with Gasteiger partial charge in [0.05, 0.1) is 12.2 Å². The van der Waals surface area contributed by atoms with Crippen molar-refractivity contribution in [1.29, 1.82) is 0 Å². The van der Waals surface area contributed by atoms with E-state index in [4.69, 9.17) is 15.2 Å². The van der Waals surface area contributed by atoms with Gasteiger partial charge >= 0.3 is 5.97 Å². The van der Waals surface area contributed by atoms with Crippen LogP contribution in [0.2, 0.25) is 0 Å². The van der Waals surface area contributed by atoms with Crippen LogP contribution in [0.1, 0.15) is 26.3 Å². The number of esters is 1. The van der Waals surface area contributed by atoms with Crippen molar-refractivity contribution in [2.45, 2.75) is 38.8 Å². The fourth-order valence-corrected chi connectivity index (χ4v) is 1.55. The Bertz CT molecular complexity index is 384. The van der Waals surface area contributed by atoms with Gasteiger partial charge in [-0.1, -0.05) is 30.3 Å². The van der Waals surface area contributed by atoms with Crippen LogP contribution < -0.4 is 5.73 Å². The lowest BCUT2D eigenvalue weighted by Gasteiger charge is -2.19. The highest BCUT2D eigenvalue weighted by Gasteiger charge is 2.16. The highest BCUT2D eigenvalue weighted by atomic mass is 16.6. The molecule has 0 aliphatic carbocycles. The quantitative estimate of drug-likeness (QED) is 0.630. The van der Waals surface area contributed by atoms with Crippen LogP contribution in [0.5, 0.6) is 0 Å². The maximum absolute atomic E-state index is 11.7. The Morgan fingerprint density at radius 2 is 1.84 bits per heavy atom. The van der Waals surface area contributed by atoms with E-state index < -0.39 is 6.04 Å². The van der Waals surface area contributed by atoms with E-state index in [0.717, 1.165) is 5.56 Å². The fraction of sp³-hybridized carbons (Fsp3) is 0.533. The molecule has 1 aromatic rings. The Balaban J connectivity index is 2.26. The van der Waals surface area contributed by atoms with Crippen molar-refractivity contribution in [1.82, 2.24) is 0 Å². The standard InChI is InChI=1S/C15H23NO3/c1-15(2,3)19-10-9-18-14(17)13(16)11-12-7-5-4-6-8-12/h4-8,13H,9-11,16H2,1-3H3. The molecule has 0 heterocycles. The van der Waals surface area contributed by atoms with Crippen molar-refractivity contribution in [3.8, 4) is 0 Å². The summed E-state index contributed by atoms with van der Waals surface area (Å²) in [6, 6.07) is 9.02. The second-order valence-corrected chi connectivity index (χ2v) is 5.42. The lowest BCUT2D eigenvalue weighted by Crippen LogP contribution is -2.35. The van der Waals surface area contributed by atoms with Gasteiger partial charge in [-0.25, -0.2) is 0 Å². The molecule has 1 aromatic carbocycles. The molecule has 0 bridgehead atoms. The first-order valence-corrected chi connectivity index (χ1v) is 6.48. The summed E-state index contributed by atoms with van der Waals surface area (Å²) in [6.07, 6.45) is 0.486. The van der Waals surface area contributed by atoms with Gasteiger partial charge in [0.1, 0.15) is 12.6 Å². The maximum Gasteiger partial charge on any atom is 0.323 e. The number of ether oxygens (including phenoxy) is 2. The molecule has 0 fully saturated rings. The smallest absolute Gasteiger partial charge is 0.323 e. The number of carbonyl (C=O) groups excluding carboxylic acids is 1. The largest absolute Gasteiger partial charge is 0.462 e. The van der Waals surface area contributed by atoms with Gasteiger partial charge in [0.25, 0.3) is 0 Å². The minimum atomic E-state index is -0.628. The van der Waals surface area contributed by atoms with Crippen molar-refractivity contribution in [2.24, 2.45) is 5.73 Å². The minimum absolute atomic E-state index is 0.224. The Kier molecular flexibility index (Phi) is 5.99. The summed E-state index contributed by atoms with van der Waals surface area (Å²) >= 11 is 0. The van der Waals surface area contributed by atoms with Gasteiger partial charge < -0.3 is 15.2 Å². The van der Waals surface area contributed by atoms with Crippen molar-refractivity contribution in [3.05, 3.63) is 35.9 Å². The lowest BCUT2D eigenvalue weighted by atomic mass is 10.1. The van der Waals surface area contributed by atoms with Crippen LogP contribution in [-0.4, -0.2) is 30.8 Å². The van der Waals surface area contributed by atoms with E-state index in [1.54, 1.807) is 0 Å². The Morgan fingerprint density at radius 1 is 1.21 bits per heavy atom. The summed E-state index contributed by atoms with van der Waals surface area (Å²) in [6.45, 7) is 6.48. The van der Waals surface area contributed by atoms with Gasteiger partial charge in [-0.05, 0) is 32.8 Å². The zero-order valence-corrected chi connectivity index (χ0v) is 11.9. The van der Waals surface area contributed by atoms with Gasteiger partial charge in [-0.15, -0.1) is 0 Å². The number of rotatable bonds is 6. The van der Waals surface area contributed by atoms with Gasteiger partial charge in [-0.3, -0.25) is 4.79 Å². The van der Waals surface area contributed by atoms with E-state index >= 15 is 0 Å². The van der Waals surface area contributed by atoms with E-state index in [0.29, 0.717) is 13.0 Å². The third-order valence-electron chi connectivity index (χ3n) is 2.46. The van der Waals surface area contributed by atoms with Crippen molar-refractivity contribution in [3.63, 3.8) is 0 Å². The molecule has 1 rings (SSSR count). The molecule has 2 N–H and O–H groups in total. The second kappa shape index (κ2) is 7.26. The molecule has 0 aliphatic rings. The van der Waals surface area contributed by atoms with Gasteiger partial charge in [0.15, 0.2) is 0 Å². The summed E-state index contributed by atoms with van der Waals surface area (Å²) in [5.74, 6) is -0.388. The number of carbonyl (C=O) groups is 1. The summed E-state index contributed by atoms with van der Waals surface area (Å²) in [4.78, 5) is 11.7. The fourth-order valence-electron chi connectivity index (χ4n) is 1.55. The average molecular weight is 265 g/mol. The summed E-state index contributed by atoms with van der Waals surface area (Å²) in [5, 5.41) is 0. The molecule has 0 spiro atoms. The van der Waals surface area contributed by atoms with Crippen LogP contribution in [-0.2, 0) is 20.7 Å². The first-order chi connectivity index (χ1) is 8.88. The van der Waals surface area contributed by atoms with E-state index in [-0.39, 0.29) is 18.2 Å². The first kappa shape index (κ1) is 15.7. The van der Waals surface area contributed by atoms with Crippen molar-refractivity contribution in [2.75, 3.05) is 13.2 Å². The molecular formula is C15H23NO3. The molecule has 106 valence electrons. The van der Waals surface area contributed by atoms with Crippen molar-refractivity contribution < 1.29 is 14.3 Å². The average Bonchev–Trinajstić information content (AvgIpc) is 2.34. The van der Waals surface area contributed by atoms with E-state index in [1.807, 2.05) is 51.1 Å². The number of nitrogens with two attached hydrogens (primary N) is 1. The summed E-state index contributed by atoms with van der Waals surface area (Å²) in [5.41, 5.74) is 6.60. The SMILES string of the molecule is CC(C)(C)OCCOC(=O)C(N)Cc1ccccc1. The maximum atomic E-state index is 11.7. The molecule has 1 atom stereocenters. The third kappa shape index (κ3) is 6.94. The Morgan fingerprint density at radius 3 is 2.42 bits per heavy atom. The number of hydrogen-bond donors (Lipinski definition) is 1. The van der Waals surface area contributed by atoms with Crippen LogP contribution in [0.4, 0.5) is 0 Å². The van der Waals surface area contributed by atoms with Gasteiger partial charge in [0, 0.05) is 0 Å². The molecule has 0 radical (unpaired) electrons. The molecule has 19 heavy (non-hydrogen) atoms. The highest BCUT2D eigenvalue weighted by molar-refractivity contribution is 5.75. The van der Waals surface area contributed by atoms with Crippen LogP contribution in [0, 0.1) is 0 Å². The lowest BCUT2D eigenvalue weighted by molar-refractivity contribution is -0.148. The Hall–Kier alpha value is -1.39. The number of hydrogen-bond acceptors (Lipinski definition) is 4. The summed E-state index contributed by atoms with van der Waals surface area (Å²) in [7, 11) is 0. The van der Waals surface area contributed by atoms with E-state index in [1.165, 1.54) is 0 Å². The summed E-state index contributed by atoms with van der Waals surface area (Å²) < 4.78 is 10.5. The predicted molar refractivity (Wildman–Crippen MR) is 74.8 cm³/mol.